The third kappa shape index (κ3) is 5.71. The van der Waals surface area contributed by atoms with E-state index in [1.807, 2.05) is 58.0 Å². The standard InChI is InChI=1S/C27H32O4S/c1-19-18-22(31-27(5,6)7)12-17-25(19)30-21-10-15-24(16-11-21)32(28,29)23-13-8-20(9-14-23)26(2,3)4/h8-18H,1-7H3. The molecule has 3 aromatic carbocycles. The lowest BCUT2D eigenvalue weighted by atomic mass is 9.87. The molecule has 4 nitrogen and oxygen atoms in total. The second-order valence-corrected chi connectivity index (χ2v) is 11.9. The van der Waals surface area contributed by atoms with E-state index in [9.17, 15) is 8.42 Å². The van der Waals surface area contributed by atoms with Gasteiger partial charge in [-0.05, 0) is 98.8 Å². The smallest absolute Gasteiger partial charge is 0.206 e. The minimum absolute atomic E-state index is 0.0313. The van der Waals surface area contributed by atoms with Crippen molar-refractivity contribution in [2.24, 2.45) is 0 Å². The van der Waals surface area contributed by atoms with Gasteiger partial charge in [-0.15, -0.1) is 0 Å². The highest BCUT2D eigenvalue weighted by Gasteiger charge is 2.20. The molecule has 0 radical (unpaired) electrons. The molecule has 0 unspecified atom stereocenters. The van der Waals surface area contributed by atoms with Crippen LogP contribution in [0.1, 0.15) is 52.7 Å². The van der Waals surface area contributed by atoms with Crippen LogP contribution in [-0.4, -0.2) is 14.0 Å². The summed E-state index contributed by atoms with van der Waals surface area (Å²) < 4.78 is 37.9. The summed E-state index contributed by atoms with van der Waals surface area (Å²) >= 11 is 0. The highest BCUT2D eigenvalue weighted by atomic mass is 32.2. The van der Waals surface area contributed by atoms with Gasteiger partial charge in [0.05, 0.1) is 9.79 Å². The molecule has 0 atom stereocenters. The number of sulfone groups is 1. The summed E-state index contributed by atoms with van der Waals surface area (Å²) in [4.78, 5) is 0.517. The predicted octanol–water partition coefficient (Wildman–Crippen LogP) is 7.09. The molecule has 0 aliphatic rings. The van der Waals surface area contributed by atoms with Gasteiger partial charge in [-0.3, -0.25) is 0 Å². The van der Waals surface area contributed by atoms with Crippen molar-refractivity contribution in [3.8, 4) is 17.2 Å². The van der Waals surface area contributed by atoms with Gasteiger partial charge < -0.3 is 9.47 Å². The molecule has 0 spiro atoms. The maximum atomic E-state index is 13.0. The van der Waals surface area contributed by atoms with Gasteiger partial charge >= 0.3 is 0 Å². The summed E-state index contributed by atoms with van der Waals surface area (Å²) in [6.07, 6.45) is 0. The lowest BCUT2D eigenvalue weighted by molar-refractivity contribution is 0.131. The third-order valence-electron chi connectivity index (χ3n) is 4.96. The molecule has 0 aromatic heterocycles. The highest BCUT2D eigenvalue weighted by Crippen LogP contribution is 2.31. The average Bonchev–Trinajstić information content (AvgIpc) is 2.69. The summed E-state index contributed by atoms with van der Waals surface area (Å²) in [6.45, 7) is 14.3. The second kappa shape index (κ2) is 8.62. The molecule has 0 N–H and O–H groups in total. The second-order valence-electron chi connectivity index (χ2n) is 9.99. The molecule has 170 valence electrons. The van der Waals surface area contributed by atoms with Gasteiger partial charge in [-0.2, -0.15) is 0 Å². The molecular formula is C27H32O4S. The quantitative estimate of drug-likeness (QED) is 0.414. The molecule has 5 heteroatoms. The minimum atomic E-state index is -3.59. The van der Waals surface area contributed by atoms with Gasteiger partial charge in [0.2, 0.25) is 9.84 Å². The third-order valence-corrected chi connectivity index (χ3v) is 6.75. The topological polar surface area (TPSA) is 52.6 Å². The molecule has 0 heterocycles. The van der Waals surface area contributed by atoms with E-state index in [-0.39, 0.29) is 20.8 Å². The molecule has 0 bridgehead atoms. The first-order valence-corrected chi connectivity index (χ1v) is 12.2. The van der Waals surface area contributed by atoms with Crippen LogP contribution in [0, 0.1) is 6.92 Å². The Morgan fingerprint density at radius 1 is 0.688 bits per heavy atom. The van der Waals surface area contributed by atoms with Crippen molar-refractivity contribution >= 4 is 9.84 Å². The van der Waals surface area contributed by atoms with Crippen LogP contribution in [0.3, 0.4) is 0 Å². The van der Waals surface area contributed by atoms with Crippen molar-refractivity contribution in [2.45, 2.75) is 69.3 Å². The first-order valence-electron chi connectivity index (χ1n) is 10.7. The highest BCUT2D eigenvalue weighted by molar-refractivity contribution is 7.91. The fourth-order valence-electron chi connectivity index (χ4n) is 3.24. The summed E-state index contributed by atoms with van der Waals surface area (Å²) in [5.41, 5.74) is 1.72. The number of hydrogen-bond donors (Lipinski definition) is 0. The zero-order valence-electron chi connectivity index (χ0n) is 19.9. The van der Waals surface area contributed by atoms with Gasteiger partial charge in [0.1, 0.15) is 22.8 Å². The van der Waals surface area contributed by atoms with Crippen molar-refractivity contribution in [1.29, 1.82) is 0 Å². The molecule has 0 aliphatic carbocycles. The van der Waals surface area contributed by atoms with Crippen LogP contribution in [0.5, 0.6) is 17.2 Å². The maximum Gasteiger partial charge on any atom is 0.206 e. The van der Waals surface area contributed by atoms with Gasteiger partial charge in [-0.1, -0.05) is 32.9 Å². The van der Waals surface area contributed by atoms with Crippen molar-refractivity contribution in [2.75, 3.05) is 0 Å². The molecule has 0 saturated heterocycles. The molecule has 32 heavy (non-hydrogen) atoms. The minimum Gasteiger partial charge on any atom is -0.488 e. The van der Waals surface area contributed by atoms with E-state index in [0.717, 1.165) is 16.9 Å². The van der Waals surface area contributed by atoms with E-state index in [1.54, 1.807) is 36.4 Å². The van der Waals surface area contributed by atoms with Crippen molar-refractivity contribution in [3.05, 3.63) is 77.9 Å². The summed E-state index contributed by atoms with van der Waals surface area (Å²) in [5.74, 6) is 2.04. The van der Waals surface area contributed by atoms with Gasteiger partial charge in [0, 0.05) is 0 Å². The zero-order chi connectivity index (χ0) is 23.7. The average molecular weight is 453 g/mol. The monoisotopic (exact) mass is 452 g/mol. The van der Waals surface area contributed by atoms with Crippen molar-refractivity contribution < 1.29 is 17.9 Å². The van der Waals surface area contributed by atoms with Gasteiger partial charge in [0.15, 0.2) is 0 Å². The van der Waals surface area contributed by atoms with E-state index in [0.29, 0.717) is 11.5 Å². The first kappa shape index (κ1) is 23.9. The largest absolute Gasteiger partial charge is 0.488 e. The van der Waals surface area contributed by atoms with Crippen molar-refractivity contribution in [1.82, 2.24) is 0 Å². The van der Waals surface area contributed by atoms with E-state index >= 15 is 0 Å². The fourth-order valence-corrected chi connectivity index (χ4v) is 4.50. The van der Waals surface area contributed by atoms with E-state index in [4.69, 9.17) is 9.47 Å². The van der Waals surface area contributed by atoms with Crippen LogP contribution in [0.2, 0.25) is 0 Å². The number of hydrogen-bond acceptors (Lipinski definition) is 4. The molecule has 0 saturated carbocycles. The first-order chi connectivity index (χ1) is 14.8. The number of aryl methyl sites for hydroxylation is 1. The zero-order valence-corrected chi connectivity index (χ0v) is 20.7. The predicted molar refractivity (Wildman–Crippen MR) is 129 cm³/mol. The van der Waals surface area contributed by atoms with E-state index < -0.39 is 9.84 Å². The molecular weight excluding hydrogens is 420 g/mol. The van der Waals surface area contributed by atoms with Crippen molar-refractivity contribution in [3.63, 3.8) is 0 Å². The van der Waals surface area contributed by atoms with Crippen LogP contribution in [0.4, 0.5) is 0 Å². The van der Waals surface area contributed by atoms with Crippen LogP contribution < -0.4 is 9.47 Å². The molecule has 0 fully saturated rings. The Morgan fingerprint density at radius 3 is 1.66 bits per heavy atom. The summed E-state index contributed by atoms with van der Waals surface area (Å²) in [6, 6.07) is 19.3. The molecule has 3 rings (SSSR count). The Labute approximate surface area is 192 Å². The molecule has 0 amide bonds. The lowest BCUT2D eigenvalue weighted by Crippen LogP contribution is -2.22. The Kier molecular flexibility index (Phi) is 6.43. The Hall–Kier alpha value is -2.79. The van der Waals surface area contributed by atoms with Crippen LogP contribution >= 0.6 is 0 Å². The van der Waals surface area contributed by atoms with Crippen LogP contribution in [-0.2, 0) is 15.3 Å². The number of rotatable bonds is 5. The molecule has 3 aromatic rings. The number of ether oxygens (including phenoxy) is 2. The SMILES string of the molecule is Cc1cc(OC(C)(C)C)ccc1Oc1ccc(S(=O)(=O)c2ccc(C(C)(C)C)cc2)cc1. The Morgan fingerprint density at radius 2 is 1.19 bits per heavy atom. The van der Waals surface area contributed by atoms with E-state index in [1.165, 1.54) is 0 Å². The van der Waals surface area contributed by atoms with Crippen LogP contribution in [0.25, 0.3) is 0 Å². The normalized spacial score (nSPS) is 12.5. The maximum absolute atomic E-state index is 13.0. The van der Waals surface area contributed by atoms with Crippen LogP contribution in [0.15, 0.2) is 76.5 Å². The van der Waals surface area contributed by atoms with E-state index in [2.05, 4.69) is 20.8 Å². The van der Waals surface area contributed by atoms with Gasteiger partial charge in [0.25, 0.3) is 0 Å². The Bertz CT molecular complexity index is 1180. The van der Waals surface area contributed by atoms with Gasteiger partial charge in [-0.25, -0.2) is 8.42 Å². The summed E-state index contributed by atoms with van der Waals surface area (Å²) in [5, 5.41) is 0. The fraction of sp³-hybridized carbons (Fsp3) is 0.333. The molecule has 0 aliphatic heterocycles. The number of benzene rings is 3. The lowest BCUT2D eigenvalue weighted by Gasteiger charge is -2.22. The Balaban J connectivity index is 1.77. The summed E-state index contributed by atoms with van der Waals surface area (Å²) in [7, 11) is -3.59.